The van der Waals surface area contributed by atoms with Crippen LogP contribution >= 0.6 is 0 Å². The van der Waals surface area contributed by atoms with Gasteiger partial charge in [-0.05, 0) is 43.7 Å². The third-order valence-corrected chi connectivity index (χ3v) is 4.82. The average molecular weight is 268 g/mol. The van der Waals surface area contributed by atoms with Gasteiger partial charge in [0.05, 0.1) is 5.41 Å². The zero-order valence-corrected chi connectivity index (χ0v) is 13.4. The lowest BCUT2D eigenvalue weighted by molar-refractivity contribution is -0.133. The Kier molecular flexibility index (Phi) is 5.84. The van der Waals surface area contributed by atoms with Crippen LogP contribution in [-0.4, -0.2) is 25.5 Å². The standard InChI is InChI=1S/C16H32N2O/c1-6-7-16(8-10-17-11-9-16)14(19)18-12-13(2)15(3,4)5/h13,17H,6-12H2,1-5H3,(H,18,19). The van der Waals surface area contributed by atoms with Gasteiger partial charge in [0.1, 0.15) is 0 Å². The summed E-state index contributed by atoms with van der Waals surface area (Å²) >= 11 is 0. The lowest BCUT2D eigenvalue weighted by Gasteiger charge is -2.37. The second-order valence-electron chi connectivity index (χ2n) is 7.26. The molecule has 0 aromatic carbocycles. The number of hydrogen-bond donors (Lipinski definition) is 2. The minimum Gasteiger partial charge on any atom is -0.355 e. The van der Waals surface area contributed by atoms with Crippen molar-refractivity contribution in [3.8, 4) is 0 Å². The minimum atomic E-state index is -0.113. The number of carbonyl (C=O) groups excluding carboxylic acids is 1. The molecule has 1 saturated heterocycles. The van der Waals surface area contributed by atoms with Crippen LogP contribution < -0.4 is 10.6 Å². The predicted molar refractivity (Wildman–Crippen MR) is 81.1 cm³/mol. The predicted octanol–water partition coefficient (Wildman–Crippen LogP) is 2.95. The van der Waals surface area contributed by atoms with Crippen LogP contribution in [-0.2, 0) is 4.79 Å². The van der Waals surface area contributed by atoms with Gasteiger partial charge in [-0.15, -0.1) is 0 Å². The van der Waals surface area contributed by atoms with Crippen molar-refractivity contribution >= 4 is 5.91 Å². The number of nitrogens with one attached hydrogen (secondary N) is 2. The van der Waals surface area contributed by atoms with E-state index in [4.69, 9.17) is 0 Å². The highest BCUT2D eigenvalue weighted by Crippen LogP contribution is 2.34. The first-order valence-corrected chi connectivity index (χ1v) is 7.81. The molecule has 2 N–H and O–H groups in total. The monoisotopic (exact) mass is 268 g/mol. The Balaban J connectivity index is 2.58. The molecule has 0 radical (unpaired) electrons. The minimum absolute atomic E-state index is 0.113. The van der Waals surface area contributed by atoms with Crippen LogP contribution in [0.5, 0.6) is 0 Å². The third-order valence-electron chi connectivity index (χ3n) is 4.82. The van der Waals surface area contributed by atoms with E-state index >= 15 is 0 Å². The molecule has 112 valence electrons. The van der Waals surface area contributed by atoms with Crippen LogP contribution in [0.4, 0.5) is 0 Å². The lowest BCUT2D eigenvalue weighted by Crippen LogP contribution is -2.49. The molecule has 1 aliphatic rings. The summed E-state index contributed by atoms with van der Waals surface area (Å²) in [5.74, 6) is 0.781. The Bertz CT molecular complexity index is 282. The Hall–Kier alpha value is -0.570. The van der Waals surface area contributed by atoms with E-state index in [1.807, 2.05) is 0 Å². The Morgan fingerprint density at radius 1 is 1.32 bits per heavy atom. The molecule has 0 aliphatic carbocycles. The largest absolute Gasteiger partial charge is 0.355 e. The molecule has 0 aromatic heterocycles. The Morgan fingerprint density at radius 2 is 1.89 bits per heavy atom. The van der Waals surface area contributed by atoms with Crippen molar-refractivity contribution in [1.29, 1.82) is 0 Å². The number of piperidine rings is 1. The highest BCUT2D eigenvalue weighted by molar-refractivity contribution is 5.82. The van der Waals surface area contributed by atoms with Gasteiger partial charge in [0, 0.05) is 6.54 Å². The van der Waals surface area contributed by atoms with Gasteiger partial charge in [0.25, 0.3) is 0 Å². The molecule has 1 amide bonds. The molecule has 1 aliphatic heterocycles. The van der Waals surface area contributed by atoms with Gasteiger partial charge in [-0.3, -0.25) is 4.79 Å². The maximum atomic E-state index is 12.6. The SMILES string of the molecule is CCCC1(C(=O)NCC(C)C(C)(C)C)CCNCC1. The fraction of sp³-hybridized carbons (Fsp3) is 0.938. The molecule has 19 heavy (non-hydrogen) atoms. The van der Waals surface area contributed by atoms with Crippen LogP contribution in [0.3, 0.4) is 0 Å². The maximum absolute atomic E-state index is 12.6. The topological polar surface area (TPSA) is 41.1 Å². The van der Waals surface area contributed by atoms with Crippen LogP contribution in [0.1, 0.15) is 60.3 Å². The number of rotatable bonds is 5. The number of hydrogen-bond acceptors (Lipinski definition) is 2. The third kappa shape index (κ3) is 4.48. The van der Waals surface area contributed by atoms with E-state index in [9.17, 15) is 4.79 Å². The number of amides is 1. The highest BCUT2D eigenvalue weighted by Gasteiger charge is 2.38. The van der Waals surface area contributed by atoms with E-state index in [2.05, 4.69) is 45.3 Å². The normalized spacial score (nSPS) is 20.9. The van der Waals surface area contributed by atoms with Gasteiger partial charge in [-0.2, -0.15) is 0 Å². The zero-order chi connectivity index (χ0) is 14.5. The molecule has 1 rings (SSSR count). The van der Waals surface area contributed by atoms with Crippen molar-refractivity contribution in [3.63, 3.8) is 0 Å². The van der Waals surface area contributed by atoms with Crippen molar-refractivity contribution in [2.45, 2.75) is 60.3 Å². The van der Waals surface area contributed by atoms with Gasteiger partial charge in [-0.1, -0.05) is 41.0 Å². The summed E-state index contributed by atoms with van der Waals surface area (Å²) in [6, 6.07) is 0. The molecular weight excluding hydrogens is 236 g/mol. The fourth-order valence-corrected chi connectivity index (χ4v) is 2.71. The summed E-state index contributed by atoms with van der Waals surface area (Å²) in [6.45, 7) is 13.8. The van der Waals surface area contributed by atoms with Crippen molar-refractivity contribution in [2.75, 3.05) is 19.6 Å². The fourth-order valence-electron chi connectivity index (χ4n) is 2.71. The first-order valence-electron chi connectivity index (χ1n) is 7.81. The lowest BCUT2D eigenvalue weighted by atomic mass is 9.74. The molecule has 0 bridgehead atoms. The molecular formula is C16H32N2O. The van der Waals surface area contributed by atoms with Crippen LogP contribution in [0, 0.1) is 16.7 Å². The summed E-state index contributed by atoms with van der Waals surface area (Å²) < 4.78 is 0. The van der Waals surface area contributed by atoms with E-state index in [1.165, 1.54) is 0 Å². The first-order chi connectivity index (χ1) is 8.82. The van der Waals surface area contributed by atoms with Crippen molar-refractivity contribution in [2.24, 2.45) is 16.7 Å². The van der Waals surface area contributed by atoms with E-state index < -0.39 is 0 Å². The molecule has 0 aromatic rings. The molecule has 0 saturated carbocycles. The van der Waals surface area contributed by atoms with E-state index in [0.717, 1.165) is 45.3 Å². The maximum Gasteiger partial charge on any atom is 0.226 e. The zero-order valence-electron chi connectivity index (χ0n) is 13.4. The van der Waals surface area contributed by atoms with Crippen molar-refractivity contribution in [3.05, 3.63) is 0 Å². The first kappa shape index (κ1) is 16.5. The molecule has 1 unspecified atom stereocenters. The van der Waals surface area contributed by atoms with Gasteiger partial charge in [0.2, 0.25) is 5.91 Å². The molecule has 1 heterocycles. The Labute approximate surface area is 118 Å². The molecule has 0 spiro atoms. The molecule has 1 atom stereocenters. The van der Waals surface area contributed by atoms with Gasteiger partial charge in [0.15, 0.2) is 0 Å². The average Bonchev–Trinajstić information content (AvgIpc) is 2.35. The summed E-state index contributed by atoms with van der Waals surface area (Å²) in [7, 11) is 0. The Morgan fingerprint density at radius 3 is 2.37 bits per heavy atom. The molecule has 3 heteroatoms. The van der Waals surface area contributed by atoms with E-state index in [-0.39, 0.29) is 16.7 Å². The van der Waals surface area contributed by atoms with Crippen LogP contribution in [0.2, 0.25) is 0 Å². The van der Waals surface area contributed by atoms with Crippen LogP contribution in [0.25, 0.3) is 0 Å². The van der Waals surface area contributed by atoms with E-state index in [0.29, 0.717) is 5.92 Å². The second kappa shape index (κ2) is 6.74. The van der Waals surface area contributed by atoms with Gasteiger partial charge >= 0.3 is 0 Å². The molecule has 3 nitrogen and oxygen atoms in total. The molecule has 1 fully saturated rings. The van der Waals surface area contributed by atoms with Crippen molar-refractivity contribution < 1.29 is 4.79 Å². The quantitative estimate of drug-likeness (QED) is 0.805. The van der Waals surface area contributed by atoms with E-state index in [1.54, 1.807) is 0 Å². The smallest absolute Gasteiger partial charge is 0.226 e. The summed E-state index contributed by atoms with van der Waals surface area (Å²) in [6.07, 6.45) is 4.07. The summed E-state index contributed by atoms with van der Waals surface area (Å²) in [5.41, 5.74) is 0.136. The highest BCUT2D eigenvalue weighted by atomic mass is 16.2. The summed E-state index contributed by atoms with van der Waals surface area (Å²) in [5, 5.41) is 6.58. The van der Waals surface area contributed by atoms with Gasteiger partial charge in [-0.25, -0.2) is 0 Å². The summed E-state index contributed by atoms with van der Waals surface area (Å²) in [4.78, 5) is 12.6. The van der Waals surface area contributed by atoms with Crippen LogP contribution in [0.15, 0.2) is 0 Å². The van der Waals surface area contributed by atoms with Gasteiger partial charge < -0.3 is 10.6 Å². The van der Waals surface area contributed by atoms with Crippen molar-refractivity contribution in [1.82, 2.24) is 10.6 Å². The number of carbonyl (C=O) groups is 1. The second-order valence-corrected chi connectivity index (χ2v) is 7.26.